The zero-order valence-corrected chi connectivity index (χ0v) is 12.1. The van der Waals surface area contributed by atoms with E-state index in [0.717, 1.165) is 45.1 Å². The molecule has 3 atom stereocenters. The number of hydrogen-bond acceptors (Lipinski definition) is 3. The summed E-state index contributed by atoms with van der Waals surface area (Å²) in [5.41, 5.74) is 0. The first kappa shape index (κ1) is 13.4. The Hall–Kier alpha value is -0.610. The van der Waals surface area contributed by atoms with E-state index < -0.39 is 0 Å². The topological polar surface area (TPSA) is 35.6 Å². The van der Waals surface area contributed by atoms with Crippen molar-refractivity contribution in [2.24, 2.45) is 5.92 Å². The molecule has 1 N–H and O–H groups in total. The minimum atomic E-state index is 0.112. The normalized spacial score (nSPS) is 36.3. The summed E-state index contributed by atoms with van der Waals surface area (Å²) in [6, 6.07) is 0.737. The van der Waals surface area contributed by atoms with E-state index in [1.165, 1.54) is 25.7 Å². The van der Waals surface area contributed by atoms with E-state index >= 15 is 0 Å². The summed E-state index contributed by atoms with van der Waals surface area (Å²) in [4.78, 5) is 17.1. The number of rotatable bonds is 2. The molecule has 0 aromatic rings. The van der Waals surface area contributed by atoms with Crippen molar-refractivity contribution in [3.8, 4) is 0 Å². The third-order valence-corrected chi connectivity index (χ3v) is 5.29. The summed E-state index contributed by atoms with van der Waals surface area (Å²) in [6.45, 7) is 7.22. The SMILES string of the molecule is CCN1CCN(C(=O)C2CC3CCCCC3N2)CC1. The molecule has 1 saturated carbocycles. The highest BCUT2D eigenvalue weighted by Gasteiger charge is 2.39. The molecule has 0 aromatic carbocycles. The Morgan fingerprint density at radius 3 is 2.58 bits per heavy atom. The Bertz CT molecular complexity index is 311. The van der Waals surface area contributed by atoms with Gasteiger partial charge in [-0.2, -0.15) is 0 Å². The lowest BCUT2D eigenvalue weighted by atomic mass is 9.85. The fourth-order valence-electron chi connectivity index (χ4n) is 4.02. The monoisotopic (exact) mass is 265 g/mol. The Balaban J connectivity index is 1.53. The molecule has 108 valence electrons. The lowest BCUT2D eigenvalue weighted by Crippen LogP contribution is -2.53. The van der Waals surface area contributed by atoms with Gasteiger partial charge in [0.25, 0.3) is 0 Å². The van der Waals surface area contributed by atoms with Crippen LogP contribution in [-0.4, -0.2) is 60.5 Å². The number of nitrogens with zero attached hydrogens (tertiary/aromatic N) is 2. The molecule has 1 aliphatic carbocycles. The molecule has 2 heterocycles. The first-order valence-electron chi connectivity index (χ1n) is 8.05. The molecular weight excluding hydrogens is 238 g/mol. The fraction of sp³-hybridized carbons (Fsp3) is 0.933. The summed E-state index contributed by atoms with van der Waals surface area (Å²) < 4.78 is 0. The number of amides is 1. The molecule has 3 rings (SSSR count). The van der Waals surface area contributed by atoms with E-state index in [2.05, 4.69) is 22.0 Å². The molecule has 0 bridgehead atoms. The number of likely N-dealkylation sites (N-methyl/N-ethyl adjacent to an activating group) is 1. The molecule has 2 saturated heterocycles. The van der Waals surface area contributed by atoms with Crippen molar-refractivity contribution in [1.29, 1.82) is 0 Å². The number of fused-ring (bicyclic) bond motifs is 1. The second kappa shape index (κ2) is 5.80. The maximum Gasteiger partial charge on any atom is 0.239 e. The van der Waals surface area contributed by atoms with Gasteiger partial charge in [-0.15, -0.1) is 0 Å². The van der Waals surface area contributed by atoms with Crippen LogP contribution in [0.25, 0.3) is 0 Å². The van der Waals surface area contributed by atoms with Crippen molar-refractivity contribution < 1.29 is 4.79 Å². The Morgan fingerprint density at radius 2 is 1.89 bits per heavy atom. The molecule has 0 radical (unpaired) electrons. The molecule has 3 fully saturated rings. The summed E-state index contributed by atoms with van der Waals surface area (Å²) in [5, 5.41) is 3.61. The van der Waals surface area contributed by atoms with Gasteiger partial charge in [0, 0.05) is 32.2 Å². The van der Waals surface area contributed by atoms with Crippen LogP contribution >= 0.6 is 0 Å². The van der Waals surface area contributed by atoms with Gasteiger partial charge in [-0.1, -0.05) is 19.8 Å². The van der Waals surface area contributed by atoms with Crippen LogP contribution in [0.1, 0.15) is 39.0 Å². The van der Waals surface area contributed by atoms with Gasteiger partial charge in [-0.3, -0.25) is 4.79 Å². The van der Waals surface area contributed by atoms with Crippen molar-refractivity contribution >= 4 is 5.91 Å². The van der Waals surface area contributed by atoms with E-state index in [4.69, 9.17) is 0 Å². The maximum absolute atomic E-state index is 12.6. The highest BCUT2D eigenvalue weighted by atomic mass is 16.2. The van der Waals surface area contributed by atoms with Gasteiger partial charge in [0.15, 0.2) is 0 Å². The highest BCUT2D eigenvalue weighted by molar-refractivity contribution is 5.82. The number of carbonyl (C=O) groups is 1. The van der Waals surface area contributed by atoms with E-state index in [1.807, 2.05) is 0 Å². The third kappa shape index (κ3) is 2.79. The maximum atomic E-state index is 12.6. The lowest BCUT2D eigenvalue weighted by Gasteiger charge is -2.35. The van der Waals surface area contributed by atoms with Crippen LogP contribution in [0, 0.1) is 5.92 Å². The largest absolute Gasteiger partial charge is 0.339 e. The molecule has 1 amide bonds. The average molecular weight is 265 g/mol. The lowest BCUT2D eigenvalue weighted by molar-refractivity contribution is -0.134. The minimum absolute atomic E-state index is 0.112. The summed E-state index contributed by atoms with van der Waals surface area (Å²) in [6.07, 6.45) is 6.38. The zero-order valence-electron chi connectivity index (χ0n) is 12.1. The third-order valence-electron chi connectivity index (χ3n) is 5.29. The first-order valence-corrected chi connectivity index (χ1v) is 8.05. The van der Waals surface area contributed by atoms with Crippen LogP contribution in [0.15, 0.2) is 0 Å². The van der Waals surface area contributed by atoms with Gasteiger partial charge >= 0.3 is 0 Å². The molecule has 3 unspecified atom stereocenters. The molecule has 19 heavy (non-hydrogen) atoms. The smallest absolute Gasteiger partial charge is 0.239 e. The van der Waals surface area contributed by atoms with Gasteiger partial charge in [-0.05, 0) is 31.7 Å². The van der Waals surface area contributed by atoms with Crippen LogP contribution in [0.3, 0.4) is 0 Å². The number of carbonyl (C=O) groups excluding carboxylic acids is 1. The Morgan fingerprint density at radius 1 is 1.16 bits per heavy atom. The standard InChI is InChI=1S/C15H27N3O/c1-2-17-7-9-18(10-8-17)15(19)14-11-12-5-3-4-6-13(12)16-14/h12-14,16H,2-11H2,1H3. The van der Waals surface area contributed by atoms with E-state index in [1.54, 1.807) is 0 Å². The van der Waals surface area contributed by atoms with Gasteiger partial charge in [-0.25, -0.2) is 0 Å². The number of piperazine rings is 1. The van der Waals surface area contributed by atoms with Crippen LogP contribution in [0.2, 0.25) is 0 Å². The van der Waals surface area contributed by atoms with Gasteiger partial charge in [0.1, 0.15) is 0 Å². The molecule has 3 aliphatic rings. The van der Waals surface area contributed by atoms with E-state index in [9.17, 15) is 4.79 Å². The van der Waals surface area contributed by atoms with Gasteiger partial charge in [0.05, 0.1) is 6.04 Å². The summed E-state index contributed by atoms with van der Waals surface area (Å²) in [7, 11) is 0. The van der Waals surface area contributed by atoms with E-state index in [-0.39, 0.29) is 6.04 Å². The van der Waals surface area contributed by atoms with Crippen molar-refractivity contribution in [3.63, 3.8) is 0 Å². The summed E-state index contributed by atoms with van der Waals surface area (Å²) in [5.74, 6) is 1.13. The van der Waals surface area contributed by atoms with Crippen molar-refractivity contribution in [1.82, 2.24) is 15.1 Å². The molecule has 0 spiro atoms. The second-order valence-corrected chi connectivity index (χ2v) is 6.37. The van der Waals surface area contributed by atoms with Crippen LogP contribution in [-0.2, 0) is 4.79 Å². The van der Waals surface area contributed by atoms with Gasteiger partial charge in [0.2, 0.25) is 5.91 Å². The van der Waals surface area contributed by atoms with Crippen molar-refractivity contribution in [2.75, 3.05) is 32.7 Å². The molecule has 4 nitrogen and oxygen atoms in total. The first-order chi connectivity index (χ1) is 9.28. The number of hydrogen-bond donors (Lipinski definition) is 1. The average Bonchev–Trinajstić information content (AvgIpc) is 2.90. The minimum Gasteiger partial charge on any atom is -0.339 e. The quantitative estimate of drug-likeness (QED) is 0.811. The predicted molar refractivity (Wildman–Crippen MR) is 76.0 cm³/mol. The molecular formula is C15H27N3O. The van der Waals surface area contributed by atoms with Crippen LogP contribution in [0.4, 0.5) is 0 Å². The molecule has 0 aromatic heterocycles. The predicted octanol–water partition coefficient (Wildman–Crippen LogP) is 1.07. The number of nitrogens with one attached hydrogen (secondary N) is 1. The zero-order chi connectivity index (χ0) is 13.2. The van der Waals surface area contributed by atoms with Crippen LogP contribution in [0.5, 0.6) is 0 Å². The second-order valence-electron chi connectivity index (χ2n) is 6.37. The van der Waals surface area contributed by atoms with E-state index in [0.29, 0.717) is 11.9 Å². The Kier molecular flexibility index (Phi) is 4.08. The fourth-order valence-corrected chi connectivity index (χ4v) is 4.02. The highest BCUT2D eigenvalue weighted by Crippen LogP contribution is 2.33. The molecule has 4 heteroatoms. The van der Waals surface area contributed by atoms with Gasteiger partial charge < -0.3 is 15.1 Å². The Labute approximate surface area is 116 Å². The van der Waals surface area contributed by atoms with Crippen LogP contribution < -0.4 is 5.32 Å². The van der Waals surface area contributed by atoms with Crippen molar-refractivity contribution in [3.05, 3.63) is 0 Å². The van der Waals surface area contributed by atoms with Crippen molar-refractivity contribution in [2.45, 2.75) is 51.1 Å². The molecule has 2 aliphatic heterocycles. The summed E-state index contributed by atoms with van der Waals surface area (Å²) >= 11 is 0.